The Hall–Kier alpha value is -0.610. The topological polar surface area (TPSA) is 75.3 Å². The second-order valence-corrected chi connectivity index (χ2v) is 7.30. The summed E-state index contributed by atoms with van der Waals surface area (Å²) >= 11 is 0. The molecule has 0 aromatic carbocycles. The lowest BCUT2D eigenvalue weighted by Gasteiger charge is -2.36. The monoisotopic (exact) mass is 282 g/mol. The van der Waals surface area contributed by atoms with E-state index in [9.17, 15) is 9.90 Å². The van der Waals surface area contributed by atoms with Crippen LogP contribution in [0.5, 0.6) is 0 Å². The number of aliphatic hydroxyl groups is 1. The minimum Gasteiger partial charge on any atom is -0.388 e. The van der Waals surface area contributed by atoms with Crippen LogP contribution in [-0.4, -0.2) is 28.7 Å². The molecule has 0 bridgehead atoms. The predicted molar refractivity (Wildman–Crippen MR) is 80.2 cm³/mol. The van der Waals surface area contributed by atoms with E-state index >= 15 is 0 Å². The molecule has 4 nitrogen and oxygen atoms in total. The highest BCUT2D eigenvalue weighted by atomic mass is 16.3. The van der Waals surface area contributed by atoms with E-state index in [1.807, 2.05) is 0 Å². The molecule has 0 saturated heterocycles. The molecule has 1 amide bonds. The standard InChI is InChI=1S/C16H30N2O2/c1-13-6-5-9-16(20,10-13)12-18-14(19)11-15(17)7-3-2-4-8-15/h13,20H,2-12,17H2,1H3,(H,18,19). The van der Waals surface area contributed by atoms with Crippen molar-refractivity contribution in [2.75, 3.05) is 6.54 Å². The lowest BCUT2D eigenvalue weighted by atomic mass is 9.78. The fourth-order valence-electron chi connectivity index (χ4n) is 3.87. The molecule has 2 fully saturated rings. The largest absolute Gasteiger partial charge is 0.388 e. The number of nitrogens with two attached hydrogens (primary N) is 1. The summed E-state index contributed by atoms with van der Waals surface area (Å²) in [5.41, 5.74) is 5.28. The molecule has 0 aromatic heterocycles. The number of nitrogens with one attached hydrogen (secondary N) is 1. The number of hydrogen-bond donors (Lipinski definition) is 3. The van der Waals surface area contributed by atoms with E-state index in [0.717, 1.165) is 44.9 Å². The molecular weight excluding hydrogens is 252 g/mol. The summed E-state index contributed by atoms with van der Waals surface area (Å²) in [6, 6.07) is 0. The third-order valence-corrected chi connectivity index (χ3v) is 5.04. The van der Waals surface area contributed by atoms with E-state index in [1.54, 1.807) is 0 Å². The van der Waals surface area contributed by atoms with Gasteiger partial charge in [-0.1, -0.05) is 39.0 Å². The van der Waals surface area contributed by atoms with Gasteiger partial charge in [0, 0.05) is 18.5 Å². The van der Waals surface area contributed by atoms with Crippen molar-refractivity contribution >= 4 is 5.91 Å². The summed E-state index contributed by atoms with van der Waals surface area (Å²) < 4.78 is 0. The molecule has 2 saturated carbocycles. The van der Waals surface area contributed by atoms with Gasteiger partial charge in [-0.05, 0) is 31.6 Å². The van der Waals surface area contributed by atoms with Crippen molar-refractivity contribution in [2.24, 2.45) is 11.7 Å². The Kier molecular flexibility index (Phi) is 5.08. The number of rotatable bonds is 4. The van der Waals surface area contributed by atoms with Gasteiger partial charge in [-0.15, -0.1) is 0 Å². The zero-order valence-corrected chi connectivity index (χ0v) is 12.8. The van der Waals surface area contributed by atoms with Crippen LogP contribution in [0.4, 0.5) is 0 Å². The molecule has 20 heavy (non-hydrogen) atoms. The minimum atomic E-state index is -0.707. The van der Waals surface area contributed by atoms with Crippen LogP contribution in [0, 0.1) is 5.92 Å². The molecule has 116 valence electrons. The first-order valence-corrected chi connectivity index (χ1v) is 8.19. The van der Waals surface area contributed by atoms with Gasteiger partial charge in [0.25, 0.3) is 0 Å². The Labute approximate surface area is 122 Å². The van der Waals surface area contributed by atoms with Crippen LogP contribution in [-0.2, 0) is 4.79 Å². The smallest absolute Gasteiger partial charge is 0.221 e. The van der Waals surface area contributed by atoms with Gasteiger partial charge in [0.05, 0.1) is 5.60 Å². The number of carbonyl (C=O) groups is 1. The molecule has 2 aliphatic carbocycles. The number of carbonyl (C=O) groups excluding carboxylic acids is 1. The zero-order valence-electron chi connectivity index (χ0n) is 12.8. The second-order valence-electron chi connectivity index (χ2n) is 7.30. The highest BCUT2D eigenvalue weighted by Crippen LogP contribution is 2.32. The lowest BCUT2D eigenvalue weighted by molar-refractivity contribution is -0.124. The van der Waals surface area contributed by atoms with Crippen LogP contribution in [0.3, 0.4) is 0 Å². The summed E-state index contributed by atoms with van der Waals surface area (Å²) in [5.74, 6) is 0.547. The maximum atomic E-state index is 12.1. The molecule has 2 unspecified atom stereocenters. The Morgan fingerprint density at radius 1 is 1.25 bits per heavy atom. The van der Waals surface area contributed by atoms with Gasteiger partial charge >= 0.3 is 0 Å². The normalized spacial score (nSPS) is 33.6. The van der Waals surface area contributed by atoms with Crippen molar-refractivity contribution in [1.82, 2.24) is 5.32 Å². The fourth-order valence-corrected chi connectivity index (χ4v) is 3.87. The fraction of sp³-hybridized carbons (Fsp3) is 0.938. The Morgan fingerprint density at radius 3 is 2.60 bits per heavy atom. The Bertz CT molecular complexity index is 339. The maximum absolute atomic E-state index is 12.1. The SMILES string of the molecule is CC1CCCC(O)(CNC(=O)CC2(N)CCCCC2)C1. The minimum absolute atomic E-state index is 0.000974. The average Bonchev–Trinajstić information content (AvgIpc) is 2.37. The third kappa shape index (κ3) is 4.45. The second kappa shape index (κ2) is 6.44. The van der Waals surface area contributed by atoms with Gasteiger partial charge in [0.2, 0.25) is 5.91 Å². The highest BCUT2D eigenvalue weighted by molar-refractivity contribution is 5.77. The van der Waals surface area contributed by atoms with Crippen molar-refractivity contribution in [3.63, 3.8) is 0 Å². The van der Waals surface area contributed by atoms with Gasteiger partial charge in [0.15, 0.2) is 0 Å². The predicted octanol–water partition coefficient (Wildman–Crippen LogP) is 2.10. The quantitative estimate of drug-likeness (QED) is 0.739. The first-order valence-electron chi connectivity index (χ1n) is 8.19. The number of hydrogen-bond acceptors (Lipinski definition) is 3. The molecule has 0 aliphatic heterocycles. The molecule has 2 atom stereocenters. The van der Waals surface area contributed by atoms with Gasteiger partial charge in [-0.25, -0.2) is 0 Å². The number of amides is 1. The van der Waals surface area contributed by atoms with E-state index < -0.39 is 5.60 Å². The van der Waals surface area contributed by atoms with Crippen molar-refractivity contribution in [3.8, 4) is 0 Å². The van der Waals surface area contributed by atoms with E-state index in [0.29, 0.717) is 18.9 Å². The van der Waals surface area contributed by atoms with Crippen molar-refractivity contribution in [2.45, 2.75) is 82.3 Å². The molecule has 4 N–H and O–H groups in total. The van der Waals surface area contributed by atoms with Crippen molar-refractivity contribution in [1.29, 1.82) is 0 Å². The van der Waals surface area contributed by atoms with Gasteiger partial charge in [0.1, 0.15) is 0 Å². The summed E-state index contributed by atoms with van der Waals surface area (Å²) in [6.07, 6.45) is 9.61. The summed E-state index contributed by atoms with van der Waals surface area (Å²) in [7, 11) is 0. The van der Waals surface area contributed by atoms with Gasteiger partial charge in [-0.2, -0.15) is 0 Å². The van der Waals surface area contributed by atoms with Crippen LogP contribution in [0.15, 0.2) is 0 Å². The molecule has 2 aliphatic rings. The van der Waals surface area contributed by atoms with E-state index in [4.69, 9.17) is 5.73 Å². The molecule has 0 radical (unpaired) electrons. The van der Waals surface area contributed by atoms with Crippen LogP contribution < -0.4 is 11.1 Å². The first kappa shape index (κ1) is 15.8. The molecule has 0 spiro atoms. The van der Waals surface area contributed by atoms with E-state index in [1.165, 1.54) is 12.8 Å². The maximum Gasteiger partial charge on any atom is 0.221 e. The summed E-state index contributed by atoms with van der Waals surface area (Å²) in [6.45, 7) is 2.55. The van der Waals surface area contributed by atoms with Crippen molar-refractivity contribution in [3.05, 3.63) is 0 Å². The summed E-state index contributed by atoms with van der Waals surface area (Å²) in [5, 5.41) is 13.4. The molecule has 2 rings (SSSR count). The van der Waals surface area contributed by atoms with E-state index in [-0.39, 0.29) is 11.4 Å². The summed E-state index contributed by atoms with van der Waals surface area (Å²) in [4.78, 5) is 12.1. The van der Waals surface area contributed by atoms with Gasteiger partial charge in [-0.3, -0.25) is 4.79 Å². The van der Waals surface area contributed by atoms with Crippen LogP contribution in [0.25, 0.3) is 0 Å². The van der Waals surface area contributed by atoms with Crippen molar-refractivity contribution < 1.29 is 9.90 Å². The molecule has 4 heteroatoms. The van der Waals surface area contributed by atoms with Crippen LogP contribution in [0.2, 0.25) is 0 Å². The lowest BCUT2D eigenvalue weighted by Crippen LogP contribution is -2.50. The average molecular weight is 282 g/mol. The Balaban J connectivity index is 1.77. The van der Waals surface area contributed by atoms with Crippen LogP contribution in [0.1, 0.15) is 71.1 Å². The molecule has 0 aromatic rings. The third-order valence-electron chi connectivity index (χ3n) is 5.04. The van der Waals surface area contributed by atoms with Gasteiger partial charge < -0.3 is 16.2 Å². The molecular formula is C16H30N2O2. The zero-order chi connectivity index (χ0) is 14.6. The van der Waals surface area contributed by atoms with Crippen LogP contribution >= 0.6 is 0 Å². The highest BCUT2D eigenvalue weighted by Gasteiger charge is 2.34. The first-order chi connectivity index (χ1) is 9.41. The Morgan fingerprint density at radius 2 is 1.95 bits per heavy atom. The molecule has 0 heterocycles. The van der Waals surface area contributed by atoms with E-state index in [2.05, 4.69) is 12.2 Å².